The second kappa shape index (κ2) is 10.7. The first-order valence-corrected chi connectivity index (χ1v) is 10.3. The number of pyridine rings is 1. The summed E-state index contributed by atoms with van der Waals surface area (Å²) in [7, 11) is 0. The molecule has 0 unspecified atom stereocenters. The summed E-state index contributed by atoms with van der Waals surface area (Å²) in [6.45, 7) is 1.67. The van der Waals surface area contributed by atoms with Gasteiger partial charge in [0.2, 0.25) is 0 Å². The third kappa shape index (κ3) is 6.36. The number of aromatic nitrogens is 1. The van der Waals surface area contributed by atoms with Gasteiger partial charge in [-0.15, -0.1) is 0 Å². The molecular formula is C23H20F2N2O3S. The van der Waals surface area contributed by atoms with Gasteiger partial charge < -0.3 is 9.64 Å². The molecule has 5 nitrogen and oxygen atoms in total. The molecule has 0 spiro atoms. The first-order valence-electron chi connectivity index (χ1n) is 9.42. The first kappa shape index (κ1) is 22.4. The standard InChI is InChI=1S/C23H20F2N2O3S/c1-16-7-5-10-18(13-16)27(14-17-8-3-2-4-9-17)20(28)15-30-22(29)19-11-6-12-26-21(19)31-23(24)25/h2-13,23H,14-15H2,1H3. The second-order valence-electron chi connectivity index (χ2n) is 6.62. The number of nitrogens with zero attached hydrogens (tertiary/aromatic N) is 2. The Labute approximate surface area is 183 Å². The van der Waals surface area contributed by atoms with Gasteiger partial charge in [-0.05, 0) is 54.1 Å². The van der Waals surface area contributed by atoms with Crippen LogP contribution in [-0.4, -0.2) is 29.2 Å². The number of hydrogen-bond acceptors (Lipinski definition) is 5. The highest BCUT2D eigenvalue weighted by Gasteiger charge is 2.22. The van der Waals surface area contributed by atoms with E-state index in [0.29, 0.717) is 12.2 Å². The number of amides is 1. The quantitative estimate of drug-likeness (QED) is 0.359. The van der Waals surface area contributed by atoms with E-state index < -0.39 is 24.2 Å². The van der Waals surface area contributed by atoms with Crippen LogP contribution in [0.15, 0.2) is 78.0 Å². The number of aryl methyl sites for hydroxylation is 1. The molecule has 1 heterocycles. The van der Waals surface area contributed by atoms with Gasteiger partial charge in [0.05, 0.1) is 12.1 Å². The molecule has 31 heavy (non-hydrogen) atoms. The van der Waals surface area contributed by atoms with E-state index in [0.717, 1.165) is 11.1 Å². The molecule has 3 aromatic rings. The largest absolute Gasteiger partial charge is 0.452 e. The number of carbonyl (C=O) groups is 2. The van der Waals surface area contributed by atoms with Crippen molar-refractivity contribution in [2.45, 2.75) is 24.3 Å². The van der Waals surface area contributed by atoms with Gasteiger partial charge in [0.1, 0.15) is 5.03 Å². The second-order valence-corrected chi connectivity index (χ2v) is 7.59. The van der Waals surface area contributed by atoms with Crippen LogP contribution in [0.2, 0.25) is 0 Å². The maximum atomic E-state index is 13.0. The van der Waals surface area contributed by atoms with Crippen molar-refractivity contribution < 1.29 is 23.1 Å². The van der Waals surface area contributed by atoms with E-state index in [1.54, 1.807) is 6.07 Å². The van der Waals surface area contributed by atoms with Gasteiger partial charge in [-0.3, -0.25) is 4.79 Å². The molecule has 0 bridgehead atoms. The van der Waals surface area contributed by atoms with Crippen LogP contribution < -0.4 is 4.90 Å². The number of alkyl halides is 2. The predicted octanol–water partition coefficient (Wildman–Crippen LogP) is 5.09. The minimum atomic E-state index is -2.73. The average molecular weight is 442 g/mol. The van der Waals surface area contributed by atoms with Gasteiger partial charge in [0, 0.05) is 11.9 Å². The number of ether oxygens (including phenoxy) is 1. The lowest BCUT2D eigenvalue weighted by Crippen LogP contribution is -2.34. The Hall–Kier alpha value is -3.26. The maximum Gasteiger partial charge on any atom is 0.341 e. The van der Waals surface area contributed by atoms with Crippen molar-refractivity contribution in [2.75, 3.05) is 11.5 Å². The van der Waals surface area contributed by atoms with Crippen molar-refractivity contribution >= 4 is 29.3 Å². The zero-order valence-electron chi connectivity index (χ0n) is 16.7. The molecule has 1 aromatic heterocycles. The molecule has 0 saturated carbocycles. The summed E-state index contributed by atoms with van der Waals surface area (Å²) in [4.78, 5) is 30.7. The van der Waals surface area contributed by atoms with E-state index in [1.165, 1.54) is 23.2 Å². The number of rotatable bonds is 8. The number of thioether (sulfide) groups is 1. The molecule has 0 aliphatic rings. The van der Waals surface area contributed by atoms with E-state index in [4.69, 9.17) is 4.74 Å². The average Bonchev–Trinajstić information content (AvgIpc) is 2.76. The zero-order valence-corrected chi connectivity index (χ0v) is 17.5. The van der Waals surface area contributed by atoms with Crippen molar-refractivity contribution in [2.24, 2.45) is 0 Å². The Bertz CT molecular complexity index is 1050. The summed E-state index contributed by atoms with van der Waals surface area (Å²) >= 11 is 0.154. The van der Waals surface area contributed by atoms with E-state index in [2.05, 4.69) is 4.98 Å². The third-order valence-corrected chi connectivity index (χ3v) is 5.04. The van der Waals surface area contributed by atoms with Crippen molar-refractivity contribution in [1.82, 2.24) is 4.98 Å². The number of esters is 1. The van der Waals surface area contributed by atoms with Gasteiger partial charge in [0.15, 0.2) is 6.61 Å². The maximum absolute atomic E-state index is 13.0. The Balaban J connectivity index is 1.76. The normalized spacial score (nSPS) is 10.7. The highest BCUT2D eigenvalue weighted by atomic mass is 32.2. The molecule has 0 fully saturated rings. The van der Waals surface area contributed by atoms with Crippen molar-refractivity contribution in [3.63, 3.8) is 0 Å². The molecule has 0 radical (unpaired) electrons. The van der Waals surface area contributed by atoms with E-state index >= 15 is 0 Å². The fourth-order valence-electron chi connectivity index (χ4n) is 2.89. The minimum absolute atomic E-state index is 0.106. The molecule has 0 N–H and O–H groups in total. The topological polar surface area (TPSA) is 59.5 Å². The van der Waals surface area contributed by atoms with Gasteiger partial charge in [-0.2, -0.15) is 8.78 Å². The molecule has 8 heteroatoms. The molecule has 0 atom stereocenters. The number of halogens is 2. The number of benzene rings is 2. The Morgan fingerprint density at radius 2 is 1.84 bits per heavy atom. The van der Waals surface area contributed by atoms with E-state index in [1.807, 2.05) is 55.5 Å². The van der Waals surface area contributed by atoms with Crippen molar-refractivity contribution in [3.8, 4) is 0 Å². The number of carbonyl (C=O) groups excluding carboxylic acids is 2. The Morgan fingerprint density at radius 3 is 2.55 bits per heavy atom. The predicted molar refractivity (Wildman–Crippen MR) is 115 cm³/mol. The third-order valence-electron chi connectivity index (χ3n) is 4.32. The molecule has 0 aliphatic heterocycles. The van der Waals surface area contributed by atoms with Crippen LogP contribution >= 0.6 is 11.8 Å². The van der Waals surface area contributed by atoms with Crippen LogP contribution in [0.4, 0.5) is 14.5 Å². The summed E-state index contributed by atoms with van der Waals surface area (Å²) in [5.41, 5.74) is 2.45. The number of hydrogen-bond donors (Lipinski definition) is 0. The molecule has 0 saturated heterocycles. The van der Waals surface area contributed by atoms with Crippen LogP contribution in [0.5, 0.6) is 0 Å². The summed E-state index contributed by atoms with van der Waals surface area (Å²) in [5, 5.41) is -0.144. The highest BCUT2D eigenvalue weighted by Crippen LogP contribution is 2.27. The Morgan fingerprint density at radius 1 is 1.06 bits per heavy atom. The number of anilines is 1. The van der Waals surface area contributed by atoms with Gasteiger partial charge >= 0.3 is 5.97 Å². The summed E-state index contributed by atoms with van der Waals surface area (Å²) in [6.07, 6.45) is 1.31. The summed E-state index contributed by atoms with van der Waals surface area (Å²) in [6, 6.07) is 19.6. The summed E-state index contributed by atoms with van der Waals surface area (Å²) < 4.78 is 30.6. The minimum Gasteiger partial charge on any atom is -0.452 e. The summed E-state index contributed by atoms with van der Waals surface area (Å²) in [5.74, 6) is -4.05. The fourth-order valence-corrected chi connectivity index (χ4v) is 3.46. The van der Waals surface area contributed by atoms with Crippen LogP contribution in [0.1, 0.15) is 21.5 Å². The smallest absolute Gasteiger partial charge is 0.341 e. The van der Waals surface area contributed by atoms with Gasteiger partial charge in [-0.1, -0.05) is 42.5 Å². The lowest BCUT2D eigenvalue weighted by Gasteiger charge is -2.23. The first-order chi connectivity index (χ1) is 14.9. The lowest BCUT2D eigenvalue weighted by molar-refractivity contribution is -0.121. The molecule has 160 valence electrons. The van der Waals surface area contributed by atoms with Crippen LogP contribution in [0.3, 0.4) is 0 Å². The molecule has 1 amide bonds. The molecular weight excluding hydrogens is 422 g/mol. The van der Waals surface area contributed by atoms with Crippen molar-refractivity contribution in [1.29, 1.82) is 0 Å². The molecule has 0 aliphatic carbocycles. The lowest BCUT2D eigenvalue weighted by atomic mass is 10.1. The molecule has 3 rings (SSSR count). The fraction of sp³-hybridized carbons (Fsp3) is 0.174. The SMILES string of the molecule is Cc1cccc(N(Cc2ccccc2)C(=O)COC(=O)c2cccnc2SC(F)F)c1. The van der Waals surface area contributed by atoms with Crippen LogP contribution in [-0.2, 0) is 16.1 Å². The van der Waals surface area contributed by atoms with E-state index in [-0.39, 0.29) is 22.4 Å². The van der Waals surface area contributed by atoms with Crippen LogP contribution in [0.25, 0.3) is 0 Å². The van der Waals surface area contributed by atoms with E-state index in [9.17, 15) is 18.4 Å². The molecule has 2 aromatic carbocycles. The van der Waals surface area contributed by atoms with Gasteiger partial charge in [0.25, 0.3) is 11.7 Å². The Kier molecular flexibility index (Phi) is 7.72. The van der Waals surface area contributed by atoms with Crippen LogP contribution in [0, 0.1) is 6.92 Å². The van der Waals surface area contributed by atoms with Gasteiger partial charge in [-0.25, -0.2) is 9.78 Å². The highest BCUT2D eigenvalue weighted by molar-refractivity contribution is 7.99. The zero-order chi connectivity index (χ0) is 22.2. The monoisotopic (exact) mass is 442 g/mol. The van der Waals surface area contributed by atoms with Crippen molar-refractivity contribution in [3.05, 3.63) is 89.6 Å².